The van der Waals surface area contributed by atoms with Crippen LogP contribution in [0.25, 0.3) is 0 Å². The third-order valence-electron chi connectivity index (χ3n) is 3.21. The van der Waals surface area contributed by atoms with Crippen LogP contribution in [0.3, 0.4) is 0 Å². The molecule has 0 amide bonds. The maximum absolute atomic E-state index is 10.9. The van der Waals surface area contributed by atoms with Crippen LogP contribution in [0, 0.1) is 11.8 Å². The largest absolute Gasteiger partial charge is 0.477 e. The lowest BCUT2D eigenvalue weighted by molar-refractivity contribution is -0.422. The van der Waals surface area contributed by atoms with E-state index in [1.807, 2.05) is 0 Å². The number of carboxylic acid groups (broad SMARTS) is 1. The SMILES string of the molecule is [NH3+][C@@H](C(=O)O)[C@@H]1CCCC(CP(=O)(O)O)C1. The molecular formula is C9H19NO5P+. The van der Waals surface area contributed by atoms with E-state index in [2.05, 4.69) is 5.73 Å². The standard InChI is InChI=1S/C9H18NO5P/c10-8(9(11)12)7-3-1-2-6(4-7)5-16(13,14)15/h6-8H,1-5,10H2,(H,11,12)(H2,13,14,15)/p+1/t6?,7-,8-/m1/s1. The Morgan fingerprint density at radius 1 is 1.44 bits per heavy atom. The summed E-state index contributed by atoms with van der Waals surface area (Å²) < 4.78 is 10.9. The van der Waals surface area contributed by atoms with Crippen LogP contribution >= 0.6 is 7.60 Å². The fraction of sp³-hybridized carbons (Fsp3) is 0.889. The van der Waals surface area contributed by atoms with Crippen LogP contribution in [0.5, 0.6) is 0 Å². The Kier molecular flexibility index (Phi) is 4.50. The molecule has 0 spiro atoms. The average Bonchev–Trinajstić information content (AvgIpc) is 2.14. The van der Waals surface area contributed by atoms with Crippen LogP contribution in [0.4, 0.5) is 0 Å². The summed E-state index contributed by atoms with van der Waals surface area (Å²) >= 11 is 0. The third-order valence-corrected chi connectivity index (χ3v) is 4.20. The van der Waals surface area contributed by atoms with E-state index in [9.17, 15) is 9.36 Å². The maximum Gasteiger partial charge on any atom is 0.362 e. The molecule has 6 nitrogen and oxygen atoms in total. The molecule has 1 aliphatic rings. The van der Waals surface area contributed by atoms with Crippen LogP contribution in [0.1, 0.15) is 25.7 Å². The minimum Gasteiger partial charge on any atom is -0.477 e. The number of hydrogen-bond donors (Lipinski definition) is 4. The molecule has 1 rings (SSSR count). The quantitative estimate of drug-likeness (QED) is 0.510. The van der Waals surface area contributed by atoms with Gasteiger partial charge in [-0.1, -0.05) is 6.42 Å². The van der Waals surface area contributed by atoms with Gasteiger partial charge in [0.15, 0.2) is 6.04 Å². The van der Waals surface area contributed by atoms with Crippen LogP contribution in [-0.2, 0) is 9.36 Å². The van der Waals surface area contributed by atoms with E-state index >= 15 is 0 Å². The average molecular weight is 252 g/mol. The summed E-state index contributed by atoms with van der Waals surface area (Å²) in [5.41, 5.74) is 3.60. The van der Waals surface area contributed by atoms with Crippen molar-refractivity contribution in [3.05, 3.63) is 0 Å². The zero-order valence-corrected chi connectivity index (χ0v) is 9.97. The minimum atomic E-state index is -3.98. The van der Waals surface area contributed by atoms with Gasteiger partial charge in [-0.25, -0.2) is 4.79 Å². The highest BCUT2D eigenvalue weighted by atomic mass is 31.2. The van der Waals surface area contributed by atoms with Crippen molar-refractivity contribution in [3.8, 4) is 0 Å². The predicted octanol–water partition coefficient (Wildman–Crippen LogP) is -0.334. The number of hydrogen-bond acceptors (Lipinski definition) is 2. The Bertz CT molecular complexity index is 302. The first kappa shape index (κ1) is 13.6. The molecule has 6 N–H and O–H groups in total. The van der Waals surface area contributed by atoms with Crippen LogP contribution < -0.4 is 5.73 Å². The Labute approximate surface area is 94.0 Å². The molecule has 0 aliphatic heterocycles. The van der Waals surface area contributed by atoms with Gasteiger partial charge in [-0.3, -0.25) is 4.57 Å². The Balaban J connectivity index is 2.53. The first-order valence-electron chi connectivity index (χ1n) is 5.40. The molecule has 16 heavy (non-hydrogen) atoms. The summed E-state index contributed by atoms with van der Waals surface area (Å²) in [6.07, 6.45) is 2.82. The number of aliphatic carboxylic acids is 1. The zero-order chi connectivity index (χ0) is 12.3. The van der Waals surface area contributed by atoms with Gasteiger partial charge in [-0.2, -0.15) is 0 Å². The van der Waals surface area contributed by atoms with Gasteiger partial charge >= 0.3 is 13.6 Å². The molecule has 1 saturated carbocycles. The van der Waals surface area contributed by atoms with Gasteiger partial charge in [-0.15, -0.1) is 0 Å². The second-order valence-corrected chi connectivity index (χ2v) is 6.28. The summed E-state index contributed by atoms with van der Waals surface area (Å²) in [5, 5.41) is 8.84. The number of quaternary nitrogens is 1. The first-order chi connectivity index (χ1) is 7.29. The molecule has 1 fully saturated rings. The Morgan fingerprint density at radius 2 is 2.06 bits per heavy atom. The van der Waals surface area contributed by atoms with Crippen molar-refractivity contribution >= 4 is 13.6 Å². The normalized spacial score (nSPS) is 28.7. The molecule has 94 valence electrons. The van der Waals surface area contributed by atoms with Gasteiger partial charge in [0.05, 0.1) is 6.16 Å². The van der Waals surface area contributed by atoms with Gasteiger partial charge in [0.25, 0.3) is 0 Å². The second-order valence-electron chi connectivity index (χ2n) is 4.58. The second kappa shape index (κ2) is 5.27. The molecule has 0 aromatic rings. The maximum atomic E-state index is 10.9. The summed E-state index contributed by atoms with van der Waals surface area (Å²) in [6.45, 7) is 0. The van der Waals surface area contributed by atoms with Crippen LogP contribution in [0.15, 0.2) is 0 Å². The van der Waals surface area contributed by atoms with E-state index in [0.717, 1.165) is 19.3 Å². The van der Waals surface area contributed by atoms with E-state index in [-0.39, 0.29) is 18.0 Å². The molecule has 0 aromatic heterocycles. The van der Waals surface area contributed by atoms with Gasteiger partial charge in [-0.05, 0) is 25.2 Å². The van der Waals surface area contributed by atoms with E-state index in [0.29, 0.717) is 6.42 Å². The summed E-state index contributed by atoms with van der Waals surface area (Å²) in [7, 11) is -3.98. The highest BCUT2D eigenvalue weighted by Crippen LogP contribution is 2.42. The molecule has 0 heterocycles. The van der Waals surface area contributed by atoms with Crippen molar-refractivity contribution in [2.45, 2.75) is 31.7 Å². The van der Waals surface area contributed by atoms with Gasteiger partial charge < -0.3 is 20.6 Å². The highest BCUT2D eigenvalue weighted by Gasteiger charge is 2.34. The fourth-order valence-electron chi connectivity index (χ4n) is 2.40. The first-order valence-corrected chi connectivity index (χ1v) is 7.20. The summed E-state index contributed by atoms with van der Waals surface area (Å²) in [4.78, 5) is 28.5. The molecule has 0 aromatic carbocycles. The van der Waals surface area contributed by atoms with Crippen LogP contribution in [0.2, 0.25) is 0 Å². The highest BCUT2D eigenvalue weighted by molar-refractivity contribution is 7.51. The number of carboxylic acids is 1. The van der Waals surface area contributed by atoms with Gasteiger partial charge in [0, 0.05) is 5.92 Å². The third kappa shape index (κ3) is 4.22. The lowest BCUT2D eigenvalue weighted by Gasteiger charge is -2.29. The predicted molar refractivity (Wildman–Crippen MR) is 56.7 cm³/mol. The van der Waals surface area contributed by atoms with E-state index in [1.165, 1.54) is 0 Å². The molecule has 1 unspecified atom stereocenters. The molecule has 1 aliphatic carbocycles. The van der Waals surface area contributed by atoms with Crippen molar-refractivity contribution in [1.82, 2.24) is 0 Å². The molecule has 3 atom stereocenters. The van der Waals surface area contributed by atoms with Crippen molar-refractivity contribution in [2.75, 3.05) is 6.16 Å². The topological polar surface area (TPSA) is 122 Å². The van der Waals surface area contributed by atoms with Crippen molar-refractivity contribution < 1.29 is 30.0 Å². The number of carbonyl (C=O) groups is 1. The van der Waals surface area contributed by atoms with Crippen molar-refractivity contribution in [1.29, 1.82) is 0 Å². The van der Waals surface area contributed by atoms with E-state index in [1.54, 1.807) is 0 Å². The minimum absolute atomic E-state index is 0.0530. The lowest BCUT2D eigenvalue weighted by atomic mass is 9.79. The Morgan fingerprint density at radius 3 is 2.56 bits per heavy atom. The van der Waals surface area contributed by atoms with Gasteiger partial charge in [0.1, 0.15) is 0 Å². The molecule has 0 saturated heterocycles. The van der Waals surface area contributed by atoms with Crippen molar-refractivity contribution in [3.63, 3.8) is 0 Å². The molecule has 7 heteroatoms. The fourth-order valence-corrected chi connectivity index (χ4v) is 3.41. The van der Waals surface area contributed by atoms with E-state index < -0.39 is 19.6 Å². The summed E-state index contributed by atoms with van der Waals surface area (Å²) in [6, 6.07) is -0.667. The molecular weight excluding hydrogens is 233 g/mol. The zero-order valence-electron chi connectivity index (χ0n) is 9.08. The molecule has 0 bridgehead atoms. The summed E-state index contributed by atoms with van der Waals surface area (Å²) in [5.74, 6) is -1.05. The lowest BCUT2D eigenvalue weighted by Crippen LogP contribution is -2.68. The van der Waals surface area contributed by atoms with Gasteiger partial charge in [0.2, 0.25) is 0 Å². The number of rotatable bonds is 4. The Hall–Kier alpha value is -0.420. The molecule has 0 radical (unpaired) electrons. The van der Waals surface area contributed by atoms with Crippen molar-refractivity contribution in [2.24, 2.45) is 11.8 Å². The smallest absolute Gasteiger partial charge is 0.362 e. The monoisotopic (exact) mass is 252 g/mol. The van der Waals surface area contributed by atoms with Crippen LogP contribution in [-0.4, -0.2) is 33.1 Å². The van der Waals surface area contributed by atoms with E-state index in [4.69, 9.17) is 14.9 Å².